The van der Waals surface area contributed by atoms with E-state index in [4.69, 9.17) is 21.4 Å². The Morgan fingerprint density at radius 3 is 2.42 bits per heavy atom. The maximum absolute atomic E-state index is 13.1. The van der Waals surface area contributed by atoms with Gasteiger partial charge in [0.15, 0.2) is 5.11 Å². The van der Waals surface area contributed by atoms with Gasteiger partial charge in [-0.25, -0.2) is 0 Å². The summed E-state index contributed by atoms with van der Waals surface area (Å²) < 4.78 is 11.2. The third-order valence-corrected chi connectivity index (χ3v) is 5.11. The molecule has 0 aliphatic carbocycles. The number of nitrogens with zero attached hydrogens (tertiary/aromatic N) is 1. The molecule has 2 amide bonds. The number of anilines is 1. The first-order chi connectivity index (χ1) is 15.9. The molecule has 1 N–H and O–H groups in total. The molecule has 3 aromatic rings. The van der Waals surface area contributed by atoms with Crippen molar-refractivity contribution in [2.75, 3.05) is 11.5 Å². The van der Waals surface area contributed by atoms with Crippen LogP contribution in [0.15, 0.2) is 70.7 Å². The fourth-order valence-electron chi connectivity index (χ4n) is 3.25. The van der Waals surface area contributed by atoms with Gasteiger partial charge in [0.2, 0.25) is 0 Å². The van der Waals surface area contributed by atoms with Crippen LogP contribution < -0.4 is 20.1 Å². The largest absolute Gasteiger partial charge is 0.545 e. The first-order valence-corrected chi connectivity index (χ1v) is 10.3. The van der Waals surface area contributed by atoms with E-state index in [-0.39, 0.29) is 22.0 Å². The van der Waals surface area contributed by atoms with Crippen molar-refractivity contribution in [3.8, 4) is 17.1 Å². The van der Waals surface area contributed by atoms with E-state index in [1.165, 1.54) is 23.1 Å². The molecule has 2 heterocycles. The molecule has 9 heteroatoms. The zero-order valence-electron chi connectivity index (χ0n) is 17.4. The van der Waals surface area contributed by atoms with E-state index in [2.05, 4.69) is 5.32 Å². The average Bonchev–Trinajstić information content (AvgIpc) is 3.27. The van der Waals surface area contributed by atoms with Crippen molar-refractivity contribution in [3.63, 3.8) is 0 Å². The zero-order chi connectivity index (χ0) is 23.5. The number of thiocarbonyl (C=S) groups is 1. The monoisotopic (exact) mass is 461 g/mol. The molecule has 166 valence electrons. The highest BCUT2D eigenvalue weighted by atomic mass is 32.1. The maximum Gasteiger partial charge on any atom is 0.270 e. The fourth-order valence-corrected chi connectivity index (χ4v) is 3.53. The Kier molecular flexibility index (Phi) is 6.05. The molecule has 1 aliphatic heterocycles. The molecule has 1 saturated heterocycles. The quantitative estimate of drug-likeness (QED) is 0.341. The molecule has 1 aromatic heterocycles. The van der Waals surface area contributed by atoms with Crippen molar-refractivity contribution < 1.29 is 28.6 Å². The van der Waals surface area contributed by atoms with Gasteiger partial charge in [0.25, 0.3) is 11.8 Å². The number of furan rings is 1. The summed E-state index contributed by atoms with van der Waals surface area (Å²) in [6.07, 6.45) is 1.33. The van der Waals surface area contributed by atoms with Gasteiger partial charge in [-0.2, -0.15) is 0 Å². The lowest BCUT2D eigenvalue weighted by molar-refractivity contribution is -0.255. The molecular weight excluding hydrogens is 444 g/mol. The Morgan fingerprint density at radius 2 is 1.79 bits per heavy atom. The van der Waals surface area contributed by atoms with Gasteiger partial charge < -0.3 is 19.1 Å². The standard InChI is InChI=1S/C24H18N2O6S/c1-2-31-17-9-7-16(8-10-17)26-22(28)19(21(27)25-24(26)33)13-18-11-12-20(32-18)14-3-5-15(6-4-14)23(29)30/h3-13H,2H2,1H3,(H,29,30)(H,25,27,33)/p-1/b19-13-. The van der Waals surface area contributed by atoms with Crippen LogP contribution in [-0.2, 0) is 9.59 Å². The van der Waals surface area contributed by atoms with E-state index in [1.807, 2.05) is 6.92 Å². The third-order valence-electron chi connectivity index (χ3n) is 4.83. The lowest BCUT2D eigenvalue weighted by atomic mass is 10.1. The SMILES string of the molecule is CCOc1ccc(N2C(=O)/C(=C\c3ccc(-c4ccc(C(=O)[O-])cc4)o3)C(=O)NC2=S)cc1. The van der Waals surface area contributed by atoms with Gasteiger partial charge in [-0.05, 0) is 67.2 Å². The Hall–Kier alpha value is -4.24. The Balaban J connectivity index is 1.60. The normalized spacial score (nSPS) is 15.0. The Labute approximate surface area is 194 Å². The van der Waals surface area contributed by atoms with Gasteiger partial charge in [0, 0.05) is 5.56 Å². The fraction of sp³-hybridized carbons (Fsp3) is 0.0833. The molecule has 4 rings (SSSR count). The van der Waals surface area contributed by atoms with E-state index in [0.717, 1.165) is 0 Å². The third kappa shape index (κ3) is 4.53. The first kappa shape index (κ1) is 22.0. The predicted molar refractivity (Wildman–Crippen MR) is 122 cm³/mol. The summed E-state index contributed by atoms with van der Waals surface area (Å²) in [5, 5.41) is 13.4. The molecule has 0 atom stereocenters. The van der Waals surface area contributed by atoms with Gasteiger partial charge in [0.05, 0.1) is 18.3 Å². The summed E-state index contributed by atoms with van der Waals surface area (Å²) in [6, 6.07) is 16.0. The smallest absolute Gasteiger partial charge is 0.270 e. The molecule has 8 nitrogen and oxygen atoms in total. The number of carbonyl (C=O) groups excluding carboxylic acids is 3. The van der Waals surface area contributed by atoms with Crippen LogP contribution in [0.1, 0.15) is 23.0 Å². The zero-order valence-corrected chi connectivity index (χ0v) is 18.2. The Morgan fingerprint density at radius 1 is 1.09 bits per heavy atom. The van der Waals surface area contributed by atoms with Crippen molar-refractivity contribution >= 4 is 46.9 Å². The molecule has 0 unspecified atom stereocenters. The summed E-state index contributed by atoms with van der Waals surface area (Å²) in [6.45, 7) is 2.38. The second-order valence-corrected chi connectivity index (χ2v) is 7.34. The molecule has 0 radical (unpaired) electrons. The van der Waals surface area contributed by atoms with Crippen molar-refractivity contribution in [1.82, 2.24) is 5.32 Å². The second kappa shape index (κ2) is 9.09. The van der Waals surface area contributed by atoms with Gasteiger partial charge in [-0.1, -0.05) is 24.3 Å². The van der Waals surface area contributed by atoms with Crippen molar-refractivity contribution in [2.45, 2.75) is 6.92 Å². The maximum atomic E-state index is 13.1. The number of benzene rings is 2. The summed E-state index contributed by atoms with van der Waals surface area (Å²) >= 11 is 5.21. The highest BCUT2D eigenvalue weighted by Crippen LogP contribution is 2.27. The summed E-state index contributed by atoms with van der Waals surface area (Å²) in [5.41, 5.74) is 1.00. The summed E-state index contributed by atoms with van der Waals surface area (Å²) in [4.78, 5) is 37.7. The van der Waals surface area contributed by atoms with Crippen LogP contribution in [0.5, 0.6) is 5.75 Å². The van der Waals surface area contributed by atoms with Gasteiger partial charge in [0.1, 0.15) is 22.8 Å². The molecule has 1 aliphatic rings. The number of carboxylic acid groups (broad SMARTS) is 1. The summed E-state index contributed by atoms with van der Waals surface area (Å²) in [5.74, 6) is -1.15. The lowest BCUT2D eigenvalue weighted by Crippen LogP contribution is -2.54. The minimum atomic E-state index is -1.27. The molecule has 0 bridgehead atoms. The molecule has 0 spiro atoms. The van der Waals surface area contributed by atoms with Crippen molar-refractivity contribution in [1.29, 1.82) is 0 Å². The average molecular weight is 461 g/mol. The first-order valence-electron chi connectivity index (χ1n) is 9.93. The molecule has 0 saturated carbocycles. The minimum absolute atomic E-state index is 0.0283. The molecule has 1 fully saturated rings. The topological polar surface area (TPSA) is 112 Å². The number of ether oxygens (including phenoxy) is 1. The highest BCUT2D eigenvalue weighted by molar-refractivity contribution is 7.80. The van der Waals surface area contributed by atoms with Crippen molar-refractivity contribution in [3.05, 3.63) is 77.6 Å². The number of hydrogen-bond donors (Lipinski definition) is 1. The van der Waals surface area contributed by atoms with E-state index < -0.39 is 17.8 Å². The minimum Gasteiger partial charge on any atom is -0.545 e. The molecular formula is C24H17N2O6S-. The van der Waals surface area contributed by atoms with Gasteiger partial charge in [-0.3, -0.25) is 19.8 Å². The molecule has 33 heavy (non-hydrogen) atoms. The number of hydrogen-bond acceptors (Lipinski definition) is 7. The van der Waals surface area contributed by atoms with E-state index >= 15 is 0 Å². The molecule has 2 aromatic carbocycles. The number of aromatic carboxylic acids is 1. The number of nitrogens with one attached hydrogen (secondary N) is 1. The predicted octanol–water partition coefficient (Wildman–Crippen LogP) is 2.54. The van der Waals surface area contributed by atoms with Gasteiger partial charge in [-0.15, -0.1) is 0 Å². The number of carbonyl (C=O) groups is 3. The van der Waals surface area contributed by atoms with Crippen LogP contribution >= 0.6 is 12.2 Å². The van der Waals surface area contributed by atoms with Crippen LogP contribution in [0.3, 0.4) is 0 Å². The van der Waals surface area contributed by atoms with Crippen LogP contribution in [0.2, 0.25) is 0 Å². The number of rotatable bonds is 6. The Bertz CT molecular complexity index is 1280. The van der Waals surface area contributed by atoms with E-state index in [0.29, 0.717) is 29.4 Å². The van der Waals surface area contributed by atoms with Crippen LogP contribution in [0.4, 0.5) is 5.69 Å². The van der Waals surface area contributed by atoms with Crippen molar-refractivity contribution in [2.24, 2.45) is 0 Å². The van der Waals surface area contributed by atoms with Crippen LogP contribution in [-0.4, -0.2) is 29.5 Å². The number of amides is 2. The highest BCUT2D eigenvalue weighted by Gasteiger charge is 2.34. The van der Waals surface area contributed by atoms with Gasteiger partial charge >= 0.3 is 0 Å². The summed E-state index contributed by atoms with van der Waals surface area (Å²) in [7, 11) is 0. The lowest BCUT2D eigenvalue weighted by Gasteiger charge is -2.28. The second-order valence-electron chi connectivity index (χ2n) is 6.95. The van der Waals surface area contributed by atoms with Crippen LogP contribution in [0, 0.1) is 0 Å². The van der Waals surface area contributed by atoms with E-state index in [1.54, 1.807) is 48.5 Å². The van der Waals surface area contributed by atoms with Crippen LogP contribution in [0.25, 0.3) is 17.4 Å². The van der Waals surface area contributed by atoms with E-state index in [9.17, 15) is 19.5 Å². The number of carboxylic acids is 1.